The van der Waals surface area contributed by atoms with Gasteiger partial charge in [0.1, 0.15) is 11.6 Å². The Morgan fingerprint density at radius 1 is 1.19 bits per heavy atom. The van der Waals surface area contributed by atoms with Crippen molar-refractivity contribution in [2.45, 2.75) is 32.0 Å². The molecule has 0 saturated heterocycles. The number of carbonyl (C=O) groups is 3. The number of imidazole rings is 1. The first-order chi connectivity index (χ1) is 17.0. The van der Waals surface area contributed by atoms with Gasteiger partial charge in [-0.1, -0.05) is 29.3 Å². The summed E-state index contributed by atoms with van der Waals surface area (Å²) in [5.41, 5.74) is 1.18. The number of aryl methyl sites for hydroxylation is 2. The van der Waals surface area contributed by atoms with Crippen LogP contribution in [0.5, 0.6) is 11.6 Å². The number of aromatic hydroxyl groups is 2. The van der Waals surface area contributed by atoms with Crippen molar-refractivity contribution in [3.63, 3.8) is 0 Å². The maximum Gasteiger partial charge on any atom is 0.326 e. The van der Waals surface area contributed by atoms with Gasteiger partial charge in [0.25, 0.3) is 5.91 Å². The molecule has 1 unspecified atom stereocenters. The standard InChI is InChI=1S/C23H25Cl2N5O6/c1-28(10-13-3-4-16(24)17(25)7-13)21(33)15-11-30(22(34)20(15)32)6-5-19(31)27-18(23(35)36)8-14-9-26-12-29(14)2/h3-4,7,9,11-12,18,32,34H,5-6,8,10H2,1-2H3,(H,27,31)(H,35,36). The summed E-state index contributed by atoms with van der Waals surface area (Å²) in [7, 11) is 3.23. The fourth-order valence-electron chi connectivity index (χ4n) is 3.53. The lowest BCUT2D eigenvalue weighted by atomic mass is 10.1. The predicted molar refractivity (Wildman–Crippen MR) is 131 cm³/mol. The number of carboxylic acids is 1. The Morgan fingerprint density at radius 3 is 2.53 bits per heavy atom. The molecular formula is C23H25Cl2N5O6. The molecule has 1 aromatic carbocycles. The molecular weight excluding hydrogens is 513 g/mol. The van der Waals surface area contributed by atoms with Crippen molar-refractivity contribution in [2.75, 3.05) is 7.05 Å². The summed E-state index contributed by atoms with van der Waals surface area (Å²) < 4.78 is 2.80. The number of amides is 2. The molecule has 2 aromatic heterocycles. The number of hydrogen-bond donors (Lipinski definition) is 4. The first kappa shape index (κ1) is 26.9. The van der Waals surface area contributed by atoms with Crippen LogP contribution < -0.4 is 5.32 Å². The van der Waals surface area contributed by atoms with Crippen LogP contribution >= 0.6 is 23.2 Å². The summed E-state index contributed by atoms with van der Waals surface area (Å²) in [6, 6.07) is 3.76. The van der Waals surface area contributed by atoms with Crippen molar-refractivity contribution >= 4 is 41.0 Å². The normalized spacial score (nSPS) is 11.8. The van der Waals surface area contributed by atoms with Gasteiger partial charge in [-0.05, 0) is 17.7 Å². The van der Waals surface area contributed by atoms with E-state index in [2.05, 4.69) is 10.3 Å². The molecule has 36 heavy (non-hydrogen) atoms. The highest BCUT2D eigenvalue weighted by Gasteiger charge is 2.25. The molecule has 0 aliphatic heterocycles. The van der Waals surface area contributed by atoms with Crippen molar-refractivity contribution in [2.24, 2.45) is 7.05 Å². The number of aromatic nitrogens is 3. The van der Waals surface area contributed by atoms with Crippen LogP contribution in [0.3, 0.4) is 0 Å². The summed E-state index contributed by atoms with van der Waals surface area (Å²) >= 11 is 11.9. The Morgan fingerprint density at radius 2 is 1.92 bits per heavy atom. The smallest absolute Gasteiger partial charge is 0.326 e. The van der Waals surface area contributed by atoms with Gasteiger partial charge in [-0.15, -0.1) is 0 Å². The van der Waals surface area contributed by atoms with E-state index in [4.69, 9.17) is 23.2 Å². The Hall–Kier alpha value is -3.70. The molecule has 0 aliphatic rings. The van der Waals surface area contributed by atoms with Crippen LogP contribution in [0.4, 0.5) is 0 Å². The average molecular weight is 538 g/mol. The van der Waals surface area contributed by atoms with Gasteiger partial charge in [-0.3, -0.25) is 9.59 Å². The zero-order valence-corrected chi connectivity index (χ0v) is 21.0. The third-order valence-corrected chi connectivity index (χ3v) is 6.29. The second-order valence-corrected chi connectivity index (χ2v) is 9.04. The van der Waals surface area contributed by atoms with Crippen molar-refractivity contribution in [1.82, 2.24) is 24.3 Å². The molecule has 1 atom stereocenters. The lowest BCUT2D eigenvalue weighted by molar-refractivity contribution is -0.141. The van der Waals surface area contributed by atoms with Crippen LogP contribution in [-0.4, -0.2) is 65.2 Å². The topological polar surface area (TPSA) is 150 Å². The van der Waals surface area contributed by atoms with E-state index in [1.54, 1.807) is 29.8 Å². The molecule has 2 amide bonds. The minimum absolute atomic E-state index is 0.0386. The first-order valence-corrected chi connectivity index (χ1v) is 11.5. The number of rotatable bonds is 10. The molecule has 0 bridgehead atoms. The number of nitrogens with zero attached hydrogens (tertiary/aromatic N) is 4. The van der Waals surface area contributed by atoms with Gasteiger partial charge in [-0.25, -0.2) is 9.78 Å². The monoisotopic (exact) mass is 537 g/mol. The molecule has 0 radical (unpaired) electrons. The zero-order valence-electron chi connectivity index (χ0n) is 19.5. The average Bonchev–Trinajstić information content (AvgIpc) is 3.36. The van der Waals surface area contributed by atoms with Gasteiger partial charge in [0.2, 0.25) is 11.8 Å². The quantitative estimate of drug-likeness (QED) is 0.310. The third-order valence-electron chi connectivity index (χ3n) is 5.55. The molecule has 192 valence electrons. The highest BCUT2D eigenvalue weighted by Crippen LogP contribution is 2.32. The Labute approximate surface area is 216 Å². The summed E-state index contributed by atoms with van der Waals surface area (Å²) in [5, 5.41) is 33.2. The van der Waals surface area contributed by atoms with Crippen LogP contribution in [0.15, 0.2) is 36.9 Å². The number of halogens is 2. The van der Waals surface area contributed by atoms with Crippen LogP contribution in [-0.2, 0) is 36.1 Å². The van der Waals surface area contributed by atoms with E-state index in [1.807, 2.05) is 0 Å². The third kappa shape index (κ3) is 6.29. The predicted octanol–water partition coefficient (Wildman–Crippen LogP) is 2.41. The van der Waals surface area contributed by atoms with Crippen LogP contribution in [0.1, 0.15) is 28.0 Å². The molecule has 3 rings (SSSR count). The fraction of sp³-hybridized carbons (Fsp3) is 0.304. The van der Waals surface area contributed by atoms with Crippen molar-refractivity contribution in [3.05, 3.63) is 63.8 Å². The minimum Gasteiger partial charge on any atom is -0.503 e. The lowest BCUT2D eigenvalue weighted by Crippen LogP contribution is -2.42. The number of benzene rings is 1. The summed E-state index contributed by atoms with van der Waals surface area (Å²) in [6.45, 7) is 0.0593. The van der Waals surface area contributed by atoms with Gasteiger partial charge >= 0.3 is 5.97 Å². The maximum absolute atomic E-state index is 12.9. The van der Waals surface area contributed by atoms with E-state index in [0.717, 1.165) is 4.57 Å². The largest absolute Gasteiger partial charge is 0.503 e. The number of carboxylic acid groups (broad SMARTS) is 1. The van der Waals surface area contributed by atoms with E-state index in [-0.39, 0.29) is 31.5 Å². The molecule has 0 spiro atoms. The van der Waals surface area contributed by atoms with Crippen molar-refractivity contribution < 1.29 is 29.7 Å². The second kappa shape index (κ2) is 11.4. The van der Waals surface area contributed by atoms with Crippen LogP contribution in [0.2, 0.25) is 10.0 Å². The van der Waals surface area contributed by atoms with Gasteiger partial charge < -0.3 is 34.7 Å². The van der Waals surface area contributed by atoms with Crippen molar-refractivity contribution in [1.29, 1.82) is 0 Å². The highest BCUT2D eigenvalue weighted by molar-refractivity contribution is 6.42. The van der Waals surface area contributed by atoms with E-state index < -0.39 is 35.5 Å². The van der Waals surface area contributed by atoms with Crippen molar-refractivity contribution in [3.8, 4) is 11.6 Å². The van der Waals surface area contributed by atoms with Gasteiger partial charge in [0.15, 0.2) is 5.75 Å². The van der Waals surface area contributed by atoms with Gasteiger partial charge in [0, 0.05) is 58.1 Å². The Balaban J connectivity index is 1.63. The van der Waals surface area contributed by atoms with E-state index >= 15 is 0 Å². The van der Waals surface area contributed by atoms with Crippen LogP contribution in [0.25, 0.3) is 0 Å². The number of aliphatic carboxylic acids is 1. The molecule has 0 aliphatic carbocycles. The van der Waals surface area contributed by atoms with E-state index in [9.17, 15) is 29.7 Å². The highest BCUT2D eigenvalue weighted by atomic mass is 35.5. The molecule has 0 saturated carbocycles. The van der Waals surface area contributed by atoms with Crippen LogP contribution in [0, 0.1) is 0 Å². The SMILES string of the molecule is CN(Cc1ccc(Cl)c(Cl)c1)C(=O)c1cn(CCC(=O)NC(Cc2cncn2C)C(=O)O)c(O)c1O. The maximum atomic E-state index is 12.9. The van der Waals surface area contributed by atoms with E-state index in [1.165, 1.54) is 30.7 Å². The molecule has 0 fully saturated rings. The molecule has 13 heteroatoms. The molecule has 2 heterocycles. The number of carbonyl (C=O) groups excluding carboxylic acids is 2. The zero-order chi connectivity index (χ0) is 26.6. The molecule has 3 aromatic rings. The van der Waals surface area contributed by atoms with Gasteiger partial charge in [-0.2, -0.15) is 0 Å². The molecule has 4 N–H and O–H groups in total. The summed E-state index contributed by atoms with van der Waals surface area (Å²) in [5.74, 6) is -3.57. The van der Waals surface area contributed by atoms with Gasteiger partial charge in [0.05, 0.1) is 16.4 Å². The number of hydrogen-bond acceptors (Lipinski definition) is 6. The fourth-order valence-corrected chi connectivity index (χ4v) is 3.85. The summed E-state index contributed by atoms with van der Waals surface area (Å²) in [4.78, 5) is 42.1. The molecule has 11 nitrogen and oxygen atoms in total. The first-order valence-electron chi connectivity index (χ1n) is 10.8. The van der Waals surface area contributed by atoms with E-state index in [0.29, 0.717) is 21.3 Å². The summed E-state index contributed by atoms with van der Waals surface area (Å²) in [6.07, 6.45) is 4.11. The lowest BCUT2D eigenvalue weighted by Gasteiger charge is -2.17. The number of nitrogens with one attached hydrogen (secondary N) is 1. The minimum atomic E-state index is -1.20. The second-order valence-electron chi connectivity index (χ2n) is 8.23. The Kier molecular flexibility index (Phi) is 8.49. The Bertz CT molecular complexity index is 1290.